The Morgan fingerprint density at radius 1 is 1.82 bits per heavy atom. The average molecular weight is 157 g/mol. The topological polar surface area (TPSA) is 38.3 Å². The van der Waals surface area contributed by atoms with Crippen molar-refractivity contribution in [2.45, 2.75) is 26.4 Å². The van der Waals surface area contributed by atoms with E-state index in [-0.39, 0.29) is 12.0 Å². The minimum absolute atomic E-state index is 0.0469. The van der Waals surface area contributed by atoms with Gasteiger partial charge in [-0.2, -0.15) is 0 Å². The maximum atomic E-state index is 11.2. The minimum Gasteiger partial charge on any atom is -0.366 e. The lowest BCUT2D eigenvalue weighted by Crippen LogP contribution is -2.47. The van der Waals surface area contributed by atoms with Crippen LogP contribution in [0.4, 0.5) is 0 Å². The molecule has 0 aromatic carbocycles. The lowest BCUT2D eigenvalue weighted by Gasteiger charge is -2.26. The molecule has 64 valence electrons. The first-order valence-corrected chi connectivity index (χ1v) is 4.15. The molecule has 1 saturated heterocycles. The quantitative estimate of drug-likeness (QED) is 0.635. The SMILES string of the molecule is CCC(C)C1OCCNC1=O. The van der Waals surface area contributed by atoms with E-state index < -0.39 is 0 Å². The predicted octanol–water partition coefficient (Wildman–Crippen LogP) is 0.547. The van der Waals surface area contributed by atoms with Crippen molar-refractivity contribution in [1.82, 2.24) is 5.32 Å². The van der Waals surface area contributed by atoms with Crippen LogP contribution in [0.1, 0.15) is 20.3 Å². The molecule has 11 heavy (non-hydrogen) atoms. The first kappa shape index (κ1) is 8.53. The van der Waals surface area contributed by atoms with E-state index in [1.165, 1.54) is 0 Å². The Hall–Kier alpha value is -0.570. The number of morpholine rings is 1. The van der Waals surface area contributed by atoms with Crippen LogP contribution in [-0.2, 0) is 9.53 Å². The molecular weight excluding hydrogens is 142 g/mol. The minimum atomic E-state index is -0.214. The lowest BCUT2D eigenvalue weighted by atomic mass is 10.0. The molecular formula is C8H15NO2. The van der Waals surface area contributed by atoms with E-state index in [2.05, 4.69) is 12.2 Å². The molecule has 1 aliphatic heterocycles. The summed E-state index contributed by atoms with van der Waals surface area (Å²) in [7, 11) is 0. The molecule has 2 atom stereocenters. The van der Waals surface area contributed by atoms with Gasteiger partial charge >= 0.3 is 0 Å². The average Bonchev–Trinajstić information content (AvgIpc) is 2.04. The molecule has 1 aliphatic rings. The fraction of sp³-hybridized carbons (Fsp3) is 0.875. The third-order valence-electron chi connectivity index (χ3n) is 2.12. The summed E-state index contributed by atoms with van der Waals surface area (Å²) in [6, 6.07) is 0. The molecule has 0 radical (unpaired) electrons. The van der Waals surface area contributed by atoms with Crippen molar-refractivity contribution >= 4 is 5.91 Å². The smallest absolute Gasteiger partial charge is 0.249 e. The van der Waals surface area contributed by atoms with Crippen LogP contribution in [0, 0.1) is 5.92 Å². The summed E-state index contributed by atoms with van der Waals surface area (Å²) in [4.78, 5) is 11.2. The Morgan fingerprint density at radius 3 is 3.09 bits per heavy atom. The standard InChI is InChI=1S/C8H15NO2/c1-3-6(2)7-8(10)9-4-5-11-7/h6-7H,3-5H2,1-2H3,(H,9,10). The van der Waals surface area contributed by atoms with E-state index in [4.69, 9.17) is 4.74 Å². The number of nitrogens with one attached hydrogen (secondary N) is 1. The lowest BCUT2D eigenvalue weighted by molar-refractivity contribution is -0.141. The molecule has 0 aromatic heterocycles. The van der Waals surface area contributed by atoms with Crippen LogP contribution >= 0.6 is 0 Å². The van der Waals surface area contributed by atoms with Gasteiger partial charge in [-0.1, -0.05) is 20.3 Å². The van der Waals surface area contributed by atoms with Gasteiger partial charge in [-0.3, -0.25) is 4.79 Å². The van der Waals surface area contributed by atoms with Gasteiger partial charge in [-0.25, -0.2) is 0 Å². The summed E-state index contributed by atoms with van der Waals surface area (Å²) in [5, 5.41) is 2.78. The van der Waals surface area contributed by atoms with Gasteiger partial charge in [0.05, 0.1) is 6.61 Å². The van der Waals surface area contributed by atoms with Crippen molar-refractivity contribution in [3.05, 3.63) is 0 Å². The van der Waals surface area contributed by atoms with Crippen molar-refractivity contribution in [1.29, 1.82) is 0 Å². The Labute approximate surface area is 67.1 Å². The van der Waals surface area contributed by atoms with Gasteiger partial charge < -0.3 is 10.1 Å². The number of ether oxygens (including phenoxy) is 1. The first-order chi connectivity index (χ1) is 5.25. The maximum absolute atomic E-state index is 11.2. The summed E-state index contributed by atoms with van der Waals surface area (Å²) in [5.74, 6) is 0.376. The number of hydrogen-bond acceptors (Lipinski definition) is 2. The van der Waals surface area contributed by atoms with Gasteiger partial charge in [0.1, 0.15) is 6.10 Å². The number of amides is 1. The van der Waals surface area contributed by atoms with Gasteiger partial charge in [0, 0.05) is 6.54 Å². The van der Waals surface area contributed by atoms with E-state index in [9.17, 15) is 4.79 Å². The van der Waals surface area contributed by atoms with Crippen molar-refractivity contribution in [3.8, 4) is 0 Å². The third kappa shape index (κ3) is 1.93. The second kappa shape index (κ2) is 3.72. The Kier molecular flexibility index (Phi) is 2.88. The molecule has 1 amide bonds. The van der Waals surface area contributed by atoms with Crippen molar-refractivity contribution in [2.75, 3.05) is 13.2 Å². The number of hydrogen-bond donors (Lipinski definition) is 1. The van der Waals surface area contributed by atoms with Crippen LogP contribution in [0.3, 0.4) is 0 Å². The van der Waals surface area contributed by atoms with Gasteiger partial charge in [-0.15, -0.1) is 0 Å². The maximum Gasteiger partial charge on any atom is 0.249 e. The molecule has 0 aliphatic carbocycles. The monoisotopic (exact) mass is 157 g/mol. The van der Waals surface area contributed by atoms with Gasteiger partial charge in [0.25, 0.3) is 0 Å². The highest BCUT2D eigenvalue weighted by molar-refractivity contribution is 5.81. The second-order valence-corrected chi connectivity index (χ2v) is 2.97. The van der Waals surface area contributed by atoms with Crippen LogP contribution in [0.2, 0.25) is 0 Å². The molecule has 1 N–H and O–H groups in total. The van der Waals surface area contributed by atoms with Crippen LogP contribution < -0.4 is 5.32 Å². The second-order valence-electron chi connectivity index (χ2n) is 2.97. The van der Waals surface area contributed by atoms with Crippen LogP contribution in [0.25, 0.3) is 0 Å². The Bertz CT molecular complexity index is 147. The van der Waals surface area contributed by atoms with E-state index >= 15 is 0 Å². The molecule has 3 heteroatoms. The zero-order chi connectivity index (χ0) is 8.27. The van der Waals surface area contributed by atoms with Crippen molar-refractivity contribution in [3.63, 3.8) is 0 Å². The molecule has 1 rings (SSSR count). The molecule has 1 heterocycles. The third-order valence-corrected chi connectivity index (χ3v) is 2.12. The summed E-state index contributed by atoms with van der Waals surface area (Å²) >= 11 is 0. The van der Waals surface area contributed by atoms with E-state index in [0.717, 1.165) is 6.42 Å². The van der Waals surface area contributed by atoms with Gasteiger partial charge in [0.2, 0.25) is 5.91 Å². The number of carbonyl (C=O) groups is 1. The molecule has 0 bridgehead atoms. The summed E-state index contributed by atoms with van der Waals surface area (Å²) in [6.45, 7) is 5.41. The molecule has 3 nitrogen and oxygen atoms in total. The summed E-state index contributed by atoms with van der Waals surface area (Å²) in [5.41, 5.74) is 0. The highest BCUT2D eigenvalue weighted by atomic mass is 16.5. The van der Waals surface area contributed by atoms with Gasteiger partial charge in [0.15, 0.2) is 0 Å². The molecule has 1 fully saturated rings. The fourth-order valence-electron chi connectivity index (χ4n) is 1.17. The zero-order valence-electron chi connectivity index (χ0n) is 7.09. The highest BCUT2D eigenvalue weighted by Crippen LogP contribution is 2.13. The largest absolute Gasteiger partial charge is 0.366 e. The summed E-state index contributed by atoms with van der Waals surface area (Å²) < 4.78 is 5.33. The van der Waals surface area contributed by atoms with Crippen LogP contribution in [0.15, 0.2) is 0 Å². The Balaban J connectivity index is 2.47. The van der Waals surface area contributed by atoms with Crippen LogP contribution in [-0.4, -0.2) is 25.2 Å². The zero-order valence-corrected chi connectivity index (χ0v) is 7.09. The molecule has 0 spiro atoms. The predicted molar refractivity (Wildman–Crippen MR) is 42.2 cm³/mol. The van der Waals surface area contributed by atoms with Gasteiger partial charge in [-0.05, 0) is 5.92 Å². The normalized spacial score (nSPS) is 27.8. The van der Waals surface area contributed by atoms with Crippen molar-refractivity contribution < 1.29 is 9.53 Å². The van der Waals surface area contributed by atoms with E-state index in [1.54, 1.807) is 0 Å². The van der Waals surface area contributed by atoms with E-state index in [0.29, 0.717) is 19.1 Å². The van der Waals surface area contributed by atoms with E-state index in [1.807, 2.05) is 6.92 Å². The van der Waals surface area contributed by atoms with Crippen molar-refractivity contribution in [2.24, 2.45) is 5.92 Å². The molecule has 0 aromatic rings. The summed E-state index contributed by atoms with van der Waals surface area (Å²) in [6.07, 6.45) is 0.770. The number of carbonyl (C=O) groups excluding carboxylic acids is 1. The number of rotatable bonds is 2. The first-order valence-electron chi connectivity index (χ1n) is 4.15. The van der Waals surface area contributed by atoms with Crippen LogP contribution in [0.5, 0.6) is 0 Å². The highest BCUT2D eigenvalue weighted by Gasteiger charge is 2.26. The molecule has 0 saturated carbocycles. The molecule has 2 unspecified atom stereocenters. The Morgan fingerprint density at radius 2 is 2.55 bits per heavy atom. The fourth-order valence-corrected chi connectivity index (χ4v) is 1.17.